The van der Waals surface area contributed by atoms with E-state index in [0.29, 0.717) is 15.9 Å². The maximum Gasteiger partial charge on any atom is 0.0924 e. The monoisotopic (exact) mass is 260 g/mol. The van der Waals surface area contributed by atoms with Gasteiger partial charge in [0.15, 0.2) is 0 Å². The van der Waals surface area contributed by atoms with Crippen molar-refractivity contribution >= 4 is 34.8 Å². The normalized spacial score (nSPS) is 10.6. The maximum absolute atomic E-state index is 5.91. The van der Waals surface area contributed by atoms with Crippen molar-refractivity contribution in [3.63, 3.8) is 0 Å². The molecule has 0 radical (unpaired) electrons. The van der Waals surface area contributed by atoms with Crippen LogP contribution in [0.3, 0.4) is 0 Å². The molecular weight excluding hydrogens is 254 g/mol. The number of H-pyrrole nitrogens is 1. The second-order valence-electron chi connectivity index (χ2n) is 3.04. The van der Waals surface area contributed by atoms with E-state index >= 15 is 0 Å². The van der Waals surface area contributed by atoms with Crippen LogP contribution in [0.15, 0.2) is 24.3 Å². The molecule has 0 bridgehead atoms. The average Bonchev–Trinajstić information content (AvgIpc) is 2.70. The lowest BCUT2D eigenvalue weighted by molar-refractivity contribution is 1.04. The van der Waals surface area contributed by atoms with E-state index in [4.69, 9.17) is 34.8 Å². The maximum atomic E-state index is 5.91. The highest BCUT2D eigenvalue weighted by Crippen LogP contribution is 2.27. The molecule has 2 aromatic rings. The summed E-state index contributed by atoms with van der Waals surface area (Å²) in [7, 11) is 0. The number of nitrogens with one attached hydrogen (secondary N) is 1. The number of halogens is 3. The van der Waals surface area contributed by atoms with Crippen molar-refractivity contribution < 1.29 is 0 Å². The van der Waals surface area contributed by atoms with Gasteiger partial charge in [0.1, 0.15) is 0 Å². The molecule has 2 nitrogen and oxygen atoms in total. The molecule has 0 spiro atoms. The molecule has 15 heavy (non-hydrogen) atoms. The van der Waals surface area contributed by atoms with E-state index in [2.05, 4.69) is 10.2 Å². The van der Waals surface area contributed by atoms with Crippen LogP contribution in [0, 0.1) is 0 Å². The van der Waals surface area contributed by atoms with Crippen molar-refractivity contribution in [1.82, 2.24) is 10.2 Å². The number of benzene rings is 1. The first-order valence-electron chi connectivity index (χ1n) is 4.26. The predicted molar refractivity (Wildman–Crippen MR) is 63.6 cm³/mol. The Morgan fingerprint density at radius 3 is 2.53 bits per heavy atom. The SMILES string of the molecule is ClCc1cc(-c2ccc(Cl)c(Cl)c2)n[nH]1. The van der Waals surface area contributed by atoms with Crippen LogP contribution in [0.25, 0.3) is 11.3 Å². The second-order valence-corrected chi connectivity index (χ2v) is 4.12. The lowest BCUT2D eigenvalue weighted by atomic mass is 10.1. The molecule has 78 valence electrons. The standard InChI is InChI=1S/C10H7Cl3N2/c11-5-7-4-10(15-14-7)6-1-2-8(12)9(13)3-6/h1-4H,5H2,(H,14,15). The van der Waals surface area contributed by atoms with Gasteiger partial charge in [0.2, 0.25) is 0 Å². The van der Waals surface area contributed by atoms with Gasteiger partial charge in [-0.2, -0.15) is 5.10 Å². The van der Waals surface area contributed by atoms with Crippen LogP contribution in [0.4, 0.5) is 0 Å². The minimum absolute atomic E-state index is 0.411. The van der Waals surface area contributed by atoms with E-state index in [0.717, 1.165) is 17.0 Å². The quantitative estimate of drug-likeness (QED) is 0.809. The Hall–Kier alpha value is -0.700. The van der Waals surface area contributed by atoms with E-state index in [1.54, 1.807) is 12.1 Å². The molecule has 1 N–H and O–H groups in total. The molecule has 5 heteroatoms. The first-order chi connectivity index (χ1) is 7.20. The number of hydrogen-bond acceptors (Lipinski definition) is 1. The van der Waals surface area contributed by atoms with Gasteiger partial charge >= 0.3 is 0 Å². The third-order valence-corrected chi connectivity index (χ3v) is 3.02. The summed E-state index contributed by atoms with van der Waals surface area (Å²) in [6.07, 6.45) is 0. The molecule has 0 atom stereocenters. The van der Waals surface area contributed by atoms with E-state index < -0.39 is 0 Å². The second kappa shape index (κ2) is 4.44. The Bertz CT molecular complexity index is 479. The van der Waals surface area contributed by atoms with Crippen molar-refractivity contribution in [3.05, 3.63) is 40.0 Å². The van der Waals surface area contributed by atoms with Gasteiger partial charge in [-0.25, -0.2) is 0 Å². The summed E-state index contributed by atoms with van der Waals surface area (Å²) in [4.78, 5) is 0. The highest BCUT2D eigenvalue weighted by atomic mass is 35.5. The highest BCUT2D eigenvalue weighted by molar-refractivity contribution is 6.42. The minimum Gasteiger partial charge on any atom is -0.281 e. The van der Waals surface area contributed by atoms with Crippen LogP contribution >= 0.6 is 34.8 Å². The van der Waals surface area contributed by atoms with E-state index in [1.165, 1.54) is 0 Å². The fourth-order valence-corrected chi connectivity index (χ4v) is 1.67. The van der Waals surface area contributed by atoms with Crippen LogP contribution in [0.1, 0.15) is 5.69 Å². The van der Waals surface area contributed by atoms with Crippen LogP contribution < -0.4 is 0 Å². The Labute approximate surface area is 102 Å². The van der Waals surface area contributed by atoms with Gasteiger partial charge in [-0.05, 0) is 18.2 Å². The van der Waals surface area contributed by atoms with Gasteiger partial charge in [0.05, 0.1) is 27.3 Å². The van der Waals surface area contributed by atoms with Crippen molar-refractivity contribution in [3.8, 4) is 11.3 Å². The van der Waals surface area contributed by atoms with Gasteiger partial charge in [-0.15, -0.1) is 11.6 Å². The first-order valence-corrected chi connectivity index (χ1v) is 5.55. The molecular formula is C10H7Cl3N2. The first kappa shape index (κ1) is 10.8. The molecule has 1 heterocycles. The van der Waals surface area contributed by atoms with Gasteiger partial charge in [-0.1, -0.05) is 29.3 Å². The summed E-state index contributed by atoms with van der Waals surface area (Å²) in [5.41, 5.74) is 2.60. The Morgan fingerprint density at radius 2 is 1.93 bits per heavy atom. The van der Waals surface area contributed by atoms with Gasteiger partial charge < -0.3 is 0 Å². The highest BCUT2D eigenvalue weighted by Gasteiger charge is 2.05. The molecule has 0 unspecified atom stereocenters. The number of aromatic nitrogens is 2. The molecule has 1 aromatic heterocycles. The number of hydrogen-bond donors (Lipinski definition) is 1. The Kier molecular flexibility index (Phi) is 3.19. The van der Waals surface area contributed by atoms with Gasteiger partial charge in [0.25, 0.3) is 0 Å². The molecule has 0 saturated heterocycles. The van der Waals surface area contributed by atoms with E-state index in [1.807, 2.05) is 12.1 Å². The van der Waals surface area contributed by atoms with Crippen molar-refractivity contribution in [2.75, 3.05) is 0 Å². The molecule has 0 fully saturated rings. The van der Waals surface area contributed by atoms with Crippen LogP contribution in [-0.2, 0) is 5.88 Å². The number of rotatable bonds is 2. The van der Waals surface area contributed by atoms with Crippen LogP contribution in [-0.4, -0.2) is 10.2 Å². The van der Waals surface area contributed by atoms with Crippen molar-refractivity contribution in [2.24, 2.45) is 0 Å². The summed E-state index contributed by atoms with van der Waals surface area (Å²) >= 11 is 17.4. The molecule has 0 amide bonds. The molecule has 1 aromatic carbocycles. The predicted octanol–water partition coefficient (Wildman–Crippen LogP) is 4.12. The summed E-state index contributed by atoms with van der Waals surface area (Å²) < 4.78 is 0. The van der Waals surface area contributed by atoms with Gasteiger partial charge in [0, 0.05) is 5.56 Å². The number of alkyl halides is 1. The molecule has 0 aliphatic carbocycles. The largest absolute Gasteiger partial charge is 0.281 e. The molecule has 0 saturated carbocycles. The lowest BCUT2D eigenvalue weighted by Crippen LogP contribution is -1.78. The zero-order valence-corrected chi connectivity index (χ0v) is 9.87. The topological polar surface area (TPSA) is 28.7 Å². The molecule has 2 rings (SSSR count). The summed E-state index contributed by atoms with van der Waals surface area (Å²) in [5.74, 6) is 0.411. The summed E-state index contributed by atoms with van der Waals surface area (Å²) in [5, 5.41) is 8.00. The smallest absolute Gasteiger partial charge is 0.0924 e. The average molecular weight is 262 g/mol. The fraction of sp³-hybridized carbons (Fsp3) is 0.100. The van der Waals surface area contributed by atoms with Gasteiger partial charge in [-0.3, -0.25) is 5.10 Å². The van der Waals surface area contributed by atoms with Crippen molar-refractivity contribution in [1.29, 1.82) is 0 Å². The molecule has 0 aliphatic rings. The third kappa shape index (κ3) is 2.28. The summed E-state index contributed by atoms with van der Waals surface area (Å²) in [6, 6.07) is 7.27. The Balaban J connectivity index is 2.40. The third-order valence-electron chi connectivity index (χ3n) is 1.99. The Morgan fingerprint density at radius 1 is 1.13 bits per heavy atom. The van der Waals surface area contributed by atoms with E-state index in [-0.39, 0.29) is 0 Å². The van der Waals surface area contributed by atoms with E-state index in [9.17, 15) is 0 Å². The molecule has 0 aliphatic heterocycles. The van der Waals surface area contributed by atoms with Crippen LogP contribution in [0.2, 0.25) is 10.0 Å². The minimum atomic E-state index is 0.411. The number of nitrogens with zero attached hydrogens (tertiary/aromatic N) is 1. The lowest BCUT2D eigenvalue weighted by Gasteiger charge is -1.98. The zero-order valence-electron chi connectivity index (χ0n) is 7.60. The summed E-state index contributed by atoms with van der Waals surface area (Å²) in [6.45, 7) is 0. The zero-order chi connectivity index (χ0) is 10.8. The van der Waals surface area contributed by atoms with Crippen molar-refractivity contribution in [2.45, 2.75) is 5.88 Å². The number of aromatic amines is 1. The van der Waals surface area contributed by atoms with Crippen LogP contribution in [0.5, 0.6) is 0 Å². The fourth-order valence-electron chi connectivity index (χ4n) is 1.23.